The van der Waals surface area contributed by atoms with Crippen LogP contribution in [-0.2, 0) is 5.33 Å². The minimum atomic E-state index is 0.681. The van der Waals surface area contributed by atoms with Crippen molar-refractivity contribution in [2.24, 2.45) is 0 Å². The van der Waals surface area contributed by atoms with Crippen LogP contribution in [0, 0.1) is 6.92 Å². The molecule has 0 saturated heterocycles. The molecule has 0 saturated carbocycles. The zero-order valence-corrected chi connectivity index (χ0v) is 10.5. The van der Waals surface area contributed by atoms with E-state index in [0.29, 0.717) is 5.33 Å². The predicted molar refractivity (Wildman–Crippen MR) is 64.3 cm³/mol. The number of alkyl halides is 1. The average molecular weight is 287 g/mol. The van der Waals surface area contributed by atoms with Gasteiger partial charge in [0.15, 0.2) is 12.2 Å². The fourth-order valence-electron chi connectivity index (χ4n) is 1.39. The van der Waals surface area contributed by atoms with Crippen LogP contribution in [0.25, 0.3) is 11.3 Å². The number of nitrogens with zero attached hydrogens (tertiary/aromatic N) is 1. The summed E-state index contributed by atoms with van der Waals surface area (Å²) in [6, 6.07) is 5.80. The third kappa shape index (κ3) is 2.08. The largest absolute Gasteiger partial charge is 0.443 e. The molecule has 0 unspecified atom stereocenters. The molecule has 0 aliphatic rings. The topological polar surface area (TPSA) is 26.0 Å². The first-order chi connectivity index (χ1) is 7.22. The van der Waals surface area contributed by atoms with Crippen LogP contribution >= 0.6 is 27.5 Å². The van der Waals surface area contributed by atoms with Crippen molar-refractivity contribution >= 4 is 27.5 Å². The molecule has 1 heterocycles. The third-order valence-corrected chi connectivity index (χ3v) is 3.14. The first kappa shape index (κ1) is 10.7. The fraction of sp³-hybridized carbons (Fsp3) is 0.182. The Balaban J connectivity index is 2.50. The minimum Gasteiger partial charge on any atom is -0.443 e. The lowest BCUT2D eigenvalue weighted by atomic mass is 10.1. The summed E-state index contributed by atoms with van der Waals surface area (Å²) >= 11 is 9.33. The molecule has 4 heteroatoms. The van der Waals surface area contributed by atoms with E-state index in [0.717, 1.165) is 27.6 Å². The summed E-state index contributed by atoms with van der Waals surface area (Å²) in [7, 11) is 0. The SMILES string of the molecule is Cc1cc(-c2ocnc2CBr)ccc1Cl. The van der Waals surface area contributed by atoms with Crippen molar-refractivity contribution in [1.82, 2.24) is 4.98 Å². The van der Waals surface area contributed by atoms with Crippen molar-refractivity contribution in [2.45, 2.75) is 12.3 Å². The van der Waals surface area contributed by atoms with Gasteiger partial charge < -0.3 is 4.42 Å². The second-order valence-corrected chi connectivity index (χ2v) is 4.19. The number of rotatable bonds is 2. The highest BCUT2D eigenvalue weighted by Gasteiger charge is 2.10. The molecular formula is C11H9BrClNO. The van der Waals surface area contributed by atoms with Gasteiger partial charge in [0.1, 0.15) is 0 Å². The maximum Gasteiger partial charge on any atom is 0.181 e. The van der Waals surface area contributed by atoms with Crippen molar-refractivity contribution < 1.29 is 4.42 Å². The van der Waals surface area contributed by atoms with Crippen molar-refractivity contribution in [3.63, 3.8) is 0 Å². The number of oxazole rings is 1. The molecule has 1 aromatic carbocycles. The first-order valence-electron chi connectivity index (χ1n) is 4.47. The highest BCUT2D eigenvalue weighted by molar-refractivity contribution is 9.08. The Morgan fingerprint density at radius 3 is 2.93 bits per heavy atom. The molecule has 0 atom stereocenters. The van der Waals surface area contributed by atoms with E-state index in [9.17, 15) is 0 Å². The Bertz CT molecular complexity index is 481. The van der Waals surface area contributed by atoms with E-state index in [4.69, 9.17) is 16.0 Å². The molecule has 0 aliphatic heterocycles. The number of aromatic nitrogens is 1. The molecule has 0 N–H and O–H groups in total. The Morgan fingerprint density at radius 1 is 1.47 bits per heavy atom. The first-order valence-corrected chi connectivity index (χ1v) is 5.97. The van der Waals surface area contributed by atoms with Crippen LogP contribution in [0.3, 0.4) is 0 Å². The molecule has 2 aromatic rings. The van der Waals surface area contributed by atoms with Crippen molar-refractivity contribution in [1.29, 1.82) is 0 Å². The summed E-state index contributed by atoms with van der Waals surface area (Å²) < 4.78 is 5.35. The lowest BCUT2D eigenvalue weighted by molar-refractivity contribution is 0.571. The lowest BCUT2D eigenvalue weighted by Crippen LogP contribution is -1.84. The zero-order chi connectivity index (χ0) is 10.8. The Morgan fingerprint density at radius 2 is 2.27 bits per heavy atom. The van der Waals surface area contributed by atoms with E-state index in [1.54, 1.807) is 0 Å². The number of aryl methyl sites for hydroxylation is 1. The standard InChI is InChI=1S/C11H9BrClNO/c1-7-4-8(2-3-9(7)13)11-10(5-12)14-6-15-11/h2-4,6H,5H2,1H3. The normalized spacial score (nSPS) is 10.6. The summed E-state index contributed by atoms with van der Waals surface area (Å²) in [5, 5.41) is 1.44. The van der Waals surface area contributed by atoms with Gasteiger partial charge in [-0.15, -0.1) is 0 Å². The molecular weight excluding hydrogens is 277 g/mol. The van der Waals surface area contributed by atoms with Crippen molar-refractivity contribution in [3.8, 4) is 11.3 Å². The molecule has 0 aliphatic carbocycles. The Kier molecular flexibility index (Phi) is 3.12. The van der Waals surface area contributed by atoms with Gasteiger partial charge in [0.25, 0.3) is 0 Å². The smallest absolute Gasteiger partial charge is 0.181 e. The maximum absolute atomic E-state index is 5.96. The maximum atomic E-state index is 5.96. The highest BCUT2D eigenvalue weighted by Crippen LogP contribution is 2.27. The van der Waals surface area contributed by atoms with Gasteiger partial charge >= 0.3 is 0 Å². The number of halogens is 2. The van der Waals surface area contributed by atoms with E-state index in [2.05, 4.69) is 20.9 Å². The Labute approximate surface area is 101 Å². The van der Waals surface area contributed by atoms with Crippen LogP contribution in [0.1, 0.15) is 11.3 Å². The highest BCUT2D eigenvalue weighted by atomic mass is 79.9. The van der Waals surface area contributed by atoms with Gasteiger partial charge in [-0.3, -0.25) is 0 Å². The predicted octanol–water partition coefficient (Wildman–Crippen LogP) is 4.20. The van der Waals surface area contributed by atoms with Gasteiger partial charge in [-0.2, -0.15) is 0 Å². The number of hydrogen-bond acceptors (Lipinski definition) is 2. The number of benzene rings is 1. The molecule has 2 rings (SSSR count). The van der Waals surface area contributed by atoms with Crippen molar-refractivity contribution in [2.75, 3.05) is 0 Å². The monoisotopic (exact) mass is 285 g/mol. The lowest BCUT2D eigenvalue weighted by Gasteiger charge is -2.02. The van der Waals surface area contributed by atoms with Gasteiger partial charge in [0.2, 0.25) is 0 Å². The van der Waals surface area contributed by atoms with Crippen LogP contribution in [0.5, 0.6) is 0 Å². The van der Waals surface area contributed by atoms with E-state index in [-0.39, 0.29) is 0 Å². The molecule has 78 valence electrons. The molecule has 0 radical (unpaired) electrons. The third-order valence-electron chi connectivity index (χ3n) is 2.19. The molecule has 2 nitrogen and oxygen atoms in total. The van der Waals surface area contributed by atoms with Gasteiger partial charge in [-0.25, -0.2) is 4.98 Å². The molecule has 15 heavy (non-hydrogen) atoms. The summed E-state index contributed by atoms with van der Waals surface area (Å²) in [6.45, 7) is 1.97. The zero-order valence-electron chi connectivity index (χ0n) is 8.13. The van der Waals surface area contributed by atoms with Crippen LogP contribution in [-0.4, -0.2) is 4.98 Å². The average Bonchev–Trinajstić information content (AvgIpc) is 2.70. The summed E-state index contributed by atoms with van der Waals surface area (Å²) in [5.74, 6) is 0.798. The van der Waals surface area contributed by atoms with Crippen molar-refractivity contribution in [3.05, 3.63) is 40.9 Å². The Hall–Kier alpha value is -0.800. The second kappa shape index (κ2) is 4.37. The van der Waals surface area contributed by atoms with Gasteiger partial charge in [-0.05, 0) is 30.7 Å². The van der Waals surface area contributed by atoms with E-state index in [1.807, 2.05) is 25.1 Å². The van der Waals surface area contributed by atoms with Gasteiger partial charge in [0.05, 0.1) is 5.69 Å². The molecule has 0 bridgehead atoms. The van der Waals surface area contributed by atoms with E-state index >= 15 is 0 Å². The second-order valence-electron chi connectivity index (χ2n) is 3.23. The van der Waals surface area contributed by atoms with Gasteiger partial charge in [0, 0.05) is 15.9 Å². The molecule has 0 amide bonds. The summed E-state index contributed by atoms with van der Waals surface area (Å²) in [4.78, 5) is 4.12. The summed E-state index contributed by atoms with van der Waals surface area (Å²) in [6.07, 6.45) is 1.45. The quantitative estimate of drug-likeness (QED) is 0.773. The van der Waals surface area contributed by atoms with Crippen LogP contribution in [0.2, 0.25) is 5.02 Å². The van der Waals surface area contributed by atoms with Crippen LogP contribution in [0.15, 0.2) is 29.0 Å². The molecule has 0 spiro atoms. The fourth-order valence-corrected chi connectivity index (χ4v) is 1.90. The van der Waals surface area contributed by atoms with E-state index < -0.39 is 0 Å². The van der Waals surface area contributed by atoms with Crippen LogP contribution in [0.4, 0.5) is 0 Å². The molecule has 0 fully saturated rings. The van der Waals surface area contributed by atoms with Crippen LogP contribution < -0.4 is 0 Å². The van der Waals surface area contributed by atoms with E-state index in [1.165, 1.54) is 6.39 Å². The molecule has 1 aromatic heterocycles. The number of hydrogen-bond donors (Lipinski definition) is 0. The summed E-state index contributed by atoms with van der Waals surface area (Å²) in [5.41, 5.74) is 2.94. The minimum absolute atomic E-state index is 0.681. The van der Waals surface area contributed by atoms with Gasteiger partial charge in [-0.1, -0.05) is 27.5 Å².